The zero-order valence-corrected chi connectivity index (χ0v) is 15.1. The Hall–Kier alpha value is -1.59. The van der Waals surface area contributed by atoms with E-state index in [4.69, 9.17) is 31.4 Å². The van der Waals surface area contributed by atoms with Crippen LogP contribution in [-0.4, -0.2) is 35.2 Å². The molecular weight excluding hydrogens is 330 g/mol. The van der Waals surface area contributed by atoms with E-state index in [0.717, 1.165) is 10.9 Å². The molecule has 1 aliphatic carbocycles. The molecule has 0 aliphatic heterocycles. The van der Waals surface area contributed by atoms with Gasteiger partial charge in [0.15, 0.2) is 0 Å². The van der Waals surface area contributed by atoms with Crippen molar-refractivity contribution in [3.8, 4) is 0 Å². The van der Waals surface area contributed by atoms with E-state index in [-0.39, 0.29) is 0 Å². The van der Waals surface area contributed by atoms with Crippen LogP contribution in [0.5, 0.6) is 0 Å². The van der Waals surface area contributed by atoms with Crippen molar-refractivity contribution in [2.75, 3.05) is 7.05 Å². The molecule has 0 aromatic heterocycles. The standard InChI is InChI=1S/C16H24ClN.C2H2O4/c1-12(2)11-15(18-3)16(9-4-10-16)13-5-7-14(17)8-6-13;3-1(4)2(5)6/h5-8,12,15,18H,4,9-11H2,1-3H3;(H,3,4)(H,5,6). The van der Waals surface area contributed by atoms with Gasteiger partial charge in [0.1, 0.15) is 0 Å². The van der Waals surface area contributed by atoms with Crippen molar-refractivity contribution < 1.29 is 19.8 Å². The summed E-state index contributed by atoms with van der Waals surface area (Å²) >= 11 is 6.01. The highest BCUT2D eigenvalue weighted by Crippen LogP contribution is 2.48. The molecule has 1 aromatic carbocycles. The van der Waals surface area contributed by atoms with Crippen LogP contribution < -0.4 is 5.32 Å². The van der Waals surface area contributed by atoms with Gasteiger partial charge in [-0.15, -0.1) is 0 Å². The van der Waals surface area contributed by atoms with Gasteiger partial charge in [-0.05, 0) is 49.9 Å². The molecule has 134 valence electrons. The lowest BCUT2D eigenvalue weighted by Crippen LogP contribution is -2.52. The lowest BCUT2D eigenvalue weighted by Gasteiger charge is -2.49. The highest BCUT2D eigenvalue weighted by atomic mass is 35.5. The first-order chi connectivity index (χ1) is 11.2. The highest BCUT2D eigenvalue weighted by molar-refractivity contribution is 6.30. The Morgan fingerprint density at radius 2 is 1.67 bits per heavy atom. The molecule has 1 atom stereocenters. The Bertz CT molecular complexity index is 541. The molecule has 0 radical (unpaired) electrons. The third kappa shape index (κ3) is 5.21. The maximum atomic E-state index is 9.10. The topological polar surface area (TPSA) is 86.6 Å². The quantitative estimate of drug-likeness (QED) is 0.703. The van der Waals surface area contributed by atoms with Gasteiger partial charge in [-0.1, -0.05) is 44.0 Å². The molecule has 24 heavy (non-hydrogen) atoms. The predicted molar refractivity (Wildman–Crippen MR) is 94.6 cm³/mol. The molecule has 0 bridgehead atoms. The van der Waals surface area contributed by atoms with Crippen molar-refractivity contribution in [3.05, 3.63) is 34.9 Å². The third-order valence-corrected chi connectivity index (χ3v) is 4.82. The van der Waals surface area contributed by atoms with Crippen molar-refractivity contribution in [1.82, 2.24) is 5.32 Å². The summed E-state index contributed by atoms with van der Waals surface area (Å²) in [5.74, 6) is -2.92. The fourth-order valence-corrected chi connectivity index (χ4v) is 3.39. The van der Waals surface area contributed by atoms with Crippen LogP contribution in [0.25, 0.3) is 0 Å². The number of nitrogens with one attached hydrogen (secondary N) is 1. The van der Waals surface area contributed by atoms with Crippen LogP contribution >= 0.6 is 11.6 Å². The first-order valence-corrected chi connectivity index (χ1v) is 8.50. The van der Waals surface area contributed by atoms with Crippen molar-refractivity contribution in [3.63, 3.8) is 0 Å². The molecule has 3 N–H and O–H groups in total. The van der Waals surface area contributed by atoms with E-state index < -0.39 is 11.9 Å². The van der Waals surface area contributed by atoms with Gasteiger partial charge in [0.2, 0.25) is 0 Å². The van der Waals surface area contributed by atoms with E-state index >= 15 is 0 Å². The van der Waals surface area contributed by atoms with Gasteiger partial charge in [0.25, 0.3) is 0 Å². The summed E-state index contributed by atoms with van der Waals surface area (Å²) in [6.07, 6.45) is 5.18. The third-order valence-electron chi connectivity index (χ3n) is 4.57. The summed E-state index contributed by atoms with van der Waals surface area (Å²) < 4.78 is 0. The van der Waals surface area contributed by atoms with Crippen molar-refractivity contribution in [2.45, 2.75) is 51.0 Å². The number of rotatable bonds is 5. The van der Waals surface area contributed by atoms with E-state index in [2.05, 4.69) is 38.3 Å². The summed E-state index contributed by atoms with van der Waals surface area (Å²) in [5, 5.41) is 19.2. The maximum absolute atomic E-state index is 9.10. The number of hydrogen-bond acceptors (Lipinski definition) is 3. The Labute approximate surface area is 148 Å². The molecule has 1 fully saturated rings. The van der Waals surface area contributed by atoms with E-state index in [9.17, 15) is 0 Å². The normalized spacial score (nSPS) is 16.5. The molecule has 5 nitrogen and oxygen atoms in total. The molecule has 1 saturated carbocycles. The second kappa shape index (κ2) is 9.04. The molecule has 2 rings (SSSR count). The number of aliphatic carboxylic acids is 2. The molecule has 0 amide bonds. The van der Waals surface area contributed by atoms with Crippen molar-refractivity contribution >= 4 is 23.5 Å². The molecule has 6 heteroatoms. The minimum absolute atomic E-state index is 0.337. The molecule has 0 spiro atoms. The zero-order chi connectivity index (χ0) is 18.3. The van der Waals surface area contributed by atoms with Gasteiger partial charge in [0, 0.05) is 16.5 Å². The van der Waals surface area contributed by atoms with Gasteiger partial charge >= 0.3 is 11.9 Å². The molecule has 1 aliphatic rings. The average Bonchev–Trinajstić information content (AvgIpc) is 2.47. The van der Waals surface area contributed by atoms with Crippen LogP contribution in [-0.2, 0) is 15.0 Å². The first-order valence-electron chi connectivity index (χ1n) is 8.12. The van der Waals surface area contributed by atoms with E-state index in [1.807, 2.05) is 12.1 Å². The van der Waals surface area contributed by atoms with Gasteiger partial charge in [-0.3, -0.25) is 0 Å². The van der Waals surface area contributed by atoms with E-state index in [0.29, 0.717) is 11.5 Å². The van der Waals surface area contributed by atoms with Crippen LogP contribution in [0.1, 0.15) is 45.1 Å². The monoisotopic (exact) mass is 355 g/mol. The number of carboxylic acids is 2. The predicted octanol–water partition coefficient (Wildman–Crippen LogP) is 3.55. The van der Waals surface area contributed by atoms with Crippen LogP contribution in [0.3, 0.4) is 0 Å². The number of halogens is 1. The summed E-state index contributed by atoms with van der Waals surface area (Å²) in [7, 11) is 2.10. The second-order valence-electron chi connectivity index (χ2n) is 6.60. The minimum Gasteiger partial charge on any atom is -0.473 e. The summed E-state index contributed by atoms with van der Waals surface area (Å²) in [6.45, 7) is 4.61. The van der Waals surface area contributed by atoms with Gasteiger partial charge < -0.3 is 15.5 Å². The van der Waals surface area contributed by atoms with Crippen LogP contribution in [0, 0.1) is 5.92 Å². The minimum atomic E-state index is -1.82. The van der Waals surface area contributed by atoms with Crippen molar-refractivity contribution in [2.24, 2.45) is 5.92 Å². The Balaban J connectivity index is 0.000000413. The van der Waals surface area contributed by atoms with E-state index in [1.165, 1.54) is 31.2 Å². The number of benzene rings is 1. The smallest absolute Gasteiger partial charge is 0.414 e. The summed E-state index contributed by atoms with van der Waals surface area (Å²) in [4.78, 5) is 18.2. The number of carboxylic acid groups (broad SMARTS) is 2. The highest BCUT2D eigenvalue weighted by Gasteiger charge is 2.44. The Morgan fingerprint density at radius 1 is 1.17 bits per heavy atom. The molecule has 1 aromatic rings. The Morgan fingerprint density at radius 3 is 1.96 bits per heavy atom. The SMILES string of the molecule is CNC(CC(C)C)C1(c2ccc(Cl)cc2)CCC1.O=C(O)C(=O)O. The maximum Gasteiger partial charge on any atom is 0.414 e. The van der Waals surface area contributed by atoms with Gasteiger partial charge in [0.05, 0.1) is 0 Å². The van der Waals surface area contributed by atoms with Crippen LogP contribution in [0.2, 0.25) is 5.02 Å². The summed E-state index contributed by atoms with van der Waals surface area (Å²) in [6, 6.07) is 9.06. The largest absolute Gasteiger partial charge is 0.473 e. The second-order valence-corrected chi connectivity index (χ2v) is 7.03. The van der Waals surface area contributed by atoms with E-state index in [1.54, 1.807) is 0 Å². The van der Waals surface area contributed by atoms with Crippen LogP contribution in [0.15, 0.2) is 24.3 Å². The van der Waals surface area contributed by atoms with Gasteiger partial charge in [-0.25, -0.2) is 9.59 Å². The molecule has 1 unspecified atom stereocenters. The average molecular weight is 356 g/mol. The fourth-order valence-electron chi connectivity index (χ4n) is 3.27. The number of carbonyl (C=O) groups is 2. The number of likely N-dealkylation sites (N-methyl/N-ethyl adjacent to an activating group) is 1. The zero-order valence-electron chi connectivity index (χ0n) is 14.4. The molecule has 0 heterocycles. The summed E-state index contributed by atoms with van der Waals surface area (Å²) in [5.41, 5.74) is 1.79. The molecular formula is C18H26ClNO4. The first kappa shape index (κ1) is 20.5. The lowest BCUT2D eigenvalue weighted by atomic mass is 9.59. The van der Waals surface area contributed by atoms with Gasteiger partial charge in [-0.2, -0.15) is 0 Å². The Kier molecular flexibility index (Phi) is 7.70. The lowest BCUT2D eigenvalue weighted by molar-refractivity contribution is -0.159. The molecule has 0 saturated heterocycles. The van der Waals surface area contributed by atoms with Crippen molar-refractivity contribution in [1.29, 1.82) is 0 Å². The van der Waals surface area contributed by atoms with Crippen LogP contribution in [0.4, 0.5) is 0 Å². The fraction of sp³-hybridized carbons (Fsp3) is 0.556. The number of hydrogen-bond donors (Lipinski definition) is 3.